The highest BCUT2D eigenvalue weighted by molar-refractivity contribution is 9.10. The van der Waals surface area contributed by atoms with Gasteiger partial charge in [0.1, 0.15) is 11.5 Å². The standard InChI is InChI=1S/C14H12Br2ClNO/c1-8(18)11-4-2-9(15)6-14(11)19-13-5-3-10(17)7-12(13)16/h2-8H,18H2,1H3. The van der Waals surface area contributed by atoms with Crippen molar-refractivity contribution in [3.8, 4) is 11.5 Å². The van der Waals surface area contributed by atoms with Crippen LogP contribution in [0.3, 0.4) is 0 Å². The lowest BCUT2D eigenvalue weighted by Crippen LogP contribution is -2.06. The molecule has 0 aliphatic carbocycles. The smallest absolute Gasteiger partial charge is 0.141 e. The number of rotatable bonds is 3. The first-order chi connectivity index (χ1) is 8.97. The highest BCUT2D eigenvalue weighted by atomic mass is 79.9. The predicted octanol–water partition coefficient (Wildman–Crippen LogP) is 5.68. The lowest BCUT2D eigenvalue weighted by molar-refractivity contribution is 0.469. The molecule has 19 heavy (non-hydrogen) atoms. The van der Waals surface area contributed by atoms with Gasteiger partial charge < -0.3 is 10.5 Å². The van der Waals surface area contributed by atoms with Gasteiger partial charge >= 0.3 is 0 Å². The Balaban J connectivity index is 2.39. The molecule has 0 fully saturated rings. The van der Waals surface area contributed by atoms with E-state index in [9.17, 15) is 0 Å². The predicted molar refractivity (Wildman–Crippen MR) is 86.0 cm³/mol. The van der Waals surface area contributed by atoms with Gasteiger partial charge in [-0.05, 0) is 53.2 Å². The highest BCUT2D eigenvalue weighted by Crippen LogP contribution is 2.36. The van der Waals surface area contributed by atoms with Crippen molar-refractivity contribution < 1.29 is 4.74 Å². The van der Waals surface area contributed by atoms with E-state index in [0.29, 0.717) is 10.8 Å². The van der Waals surface area contributed by atoms with Gasteiger partial charge in [-0.1, -0.05) is 33.6 Å². The number of ether oxygens (including phenoxy) is 1. The Labute approximate surface area is 134 Å². The first-order valence-corrected chi connectivity index (χ1v) is 7.61. The molecule has 0 radical (unpaired) electrons. The fraction of sp³-hybridized carbons (Fsp3) is 0.143. The second-order valence-electron chi connectivity index (χ2n) is 4.15. The molecule has 2 aromatic carbocycles. The molecule has 1 atom stereocenters. The van der Waals surface area contributed by atoms with Gasteiger partial charge in [-0.15, -0.1) is 0 Å². The molecular weight excluding hydrogens is 393 g/mol. The normalized spacial score (nSPS) is 12.3. The van der Waals surface area contributed by atoms with Crippen LogP contribution in [0, 0.1) is 0 Å². The molecule has 0 amide bonds. The molecule has 2 nitrogen and oxygen atoms in total. The van der Waals surface area contributed by atoms with Gasteiger partial charge in [0.15, 0.2) is 0 Å². The topological polar surface area (TPSA) is 35.2 Å². The third-order valence-electron chi connectivity index (χ3n) is 2.58. The first kappa shape index (κ1) is 14.9. The molecule has 0 saturated heterocycles. The van der Waals surface area contributed by atoms with Crippen LogP contribution >= 0.6 is 43.5 Å². The Bertz CT molecular complexity index is 602. The van der Waals surface area contributed by atoms with Crippen LogP contribution in [-0.2, 0) is 0 Å². The summed E-state index contributed by atoms with van der Waals surface area (Å²) in [5.41, 5.74) is 6.90. The Morgan fingerprint density at radius 3 is 2.47 bits per heavy atom. The third kappa shape index (κ3) is 3.72. The lowest BCUT2D eigenvalue weighted by Gasteiger charge is -2.15. The van der Waals surface area contributed by atoms with Gasteiger partial charge in [0.25, 0.3) is 0 Å². The van der Waals surface area contributed by atoms with Crippen LogP contribution in [0.1, 0.15) is 18.5 Å². The van der Waals surface area contributed by atoms with Crippen molar-refractivity contribution in [2.45, 2.75) is 13.0 Å². The average molecular weight is 406 g/mol. The fourth-order valence-corrected chi connectivity index (χ4v) is 2.75. The van der Waals surface area contributed by atoms with Crippen molar-refractivity contribution in [2.75, 3.05) is 0 Å². The first-order valence-electron chi connectivity index (χ1n) is 5.65. The Morgan fingerprint density at radius 1 is 1.11 bits per heavy atom. The van der Waals surface area contributed by atoms with Gasteiger partial charge in [0.05, 0.1) is 4.47 Å². The number of nitrogens with two attached hydrogens (primary N) is 1. The number of hydrogen-bond acceptors (Lipinski definition) is 2. The highest BCUT2D eigenvalue weighted by Gasteiger charge is 2.11. The van der Waals surface area contributed by atoms with Gasteiger partial charge in [0.2, 0.25) is 0 Å². The number of benzene rings is 2. The SMILES string of the molecule is CC(N)c1ccc(Br)cc1Oc1ccc(Cl)cc1Br. The van der Waals surface area contributed by atoms with Crippen molar-refractivity contribution in [1.82, 2.24) is 0 Å². The quantitative estimate of drug-likeness (QED) is 0.713. The summed E-state index contributed by atoms with van der Waals surface area (Å²) >= 11 is 12.8. The molecular formula is C14H12Br2ClNO. The Morgan fingerprint density at radius 2 is 1.84 bits per heavy atom. The third-order valence-corrected chi connectivity index (χ3v) is 3.93. The van der Waals surface area contributed by atoms with Crippen LogP contribution in [0.15, 0.2) is 45.3 Å². The molecule has 0 aliphatic rings. The van der Waals surface area contributed by atoms with E-state index in [0.717, 1.165) is 20.3 Å². The maximum absolute atomic E-state index is 5.95. The van der Waals surface area contributed by atoms with Crippen molar-refractivity contribution in [3.63, 3.8) is 0 Å². The van der Waals surface area contributed by atoms with E-state index < -0.39 is 0 Å². The Kier molecular flexibility index (Phi) is 4.90. The largest absolute Gasteiger partial charge is 0.456 e. The van der Waals surface area contributed by atoms with Crippen molar-refractivity contribution in [2.24, 2.45) is 5.73 Å². The monoisotopic (exact) mass is 403 g/mol. The van der Waals surface area contributed by atoms with E-state index in [-0.39, 0.29) is 6.04 Å². The molecule has 2 rings (SSSR count). The maximum atomic E-state index is 5.95. The summed E-state index contributed by atoms with van der Waals surface area (Å²) in [6.45, 7) is 1.92. The fourth-order valence-electron chi connectivity index (χ4n) is 1.65. The minimum absolute atomic E-state index is 0.103. The van der Waals surface area contributed by atoms with Crippen molar-refractivity contribution in [1.29, 1.82) is 0 Å². The second kappa shape index (κ2) is 6.27. The summed E-state index contributed by atoms with van der Waals surface area (Å²) in [5.74, 6) is 1.43. The zero-order valence-electron chi connectivity index (χ0n) is 10.2. The maximum Gasteiger partial charge on any atom is 0.141 e. The summed E-state index contributed by atoms with van der Waals surface area (Å²) in [5, 5.41) is 0.654. The molecule has 0 saturated carbocycles. The van der Waals surface area contributed by atoms with E-state index in [4.69, 9.17) is 22.1 Å². The van der Waals surface area contributed by atoms with E-state index >= 15 is 0 Å². The van der Waals surface area contributed by atoms with Gasteiger partial charge in [-0.2, -0.15) is 0 Å². The Hall–Kier alpha value is -0.550. The molecule has 2 aromatic rings. The zero-order valence-corrected chi connectivity index (χ0v) is 14.1. The van der Waals surface area contributed by atoms with E-state index in [1.54, 1.807) is 12.1 Å². The molecule has 0 aliphatic heterocycles. The zero-order chi connectivity index (χ0) is 14.0. The number of halogens is 3. The molecule has 2 N–H and O–H groups in total. The van der Waals surface area contributed by atoms with E-state index in [1.165, 1.54) is 0 Å². The van der Waals surface area contributed by atoms with Gasteiger partial charge in [-0.3, -0.25) is 0 Å². The summed E-state index contributed by atoms with van der Waals surface area (Å²) in [6, 6.07) is 11.1. The van der Waals surface area contributed by atoms with Crippen LogP contribution < -0.4 is 10.5 Å². The van der Waals surface area contributed by atoms with Crippen molar-refractivity contribution in [3.05, 3.63) is 55.9 Å². The molecule has 0 heterocycles. The lowest BCUT2D eigenvalue weighted by atomic mass is 10.1. The summed E-state index contributed by atoms with van der Waals surface area (Å²) in [6.07, 6.45) is 0. The van der Waals surface area contributed by atoms with E-state index in [2.05, 4.69) is 31.9 Å². The van der Waals surface area contributed by atoms with Crippen LogP contribution in [0.25, 0.3) is 0 Å². The van der Waals surface area contributed by atoms with Crippen LogP contribution in [0.2, 0.25) is 5.02 Å². The molecule has 1 unspecified atom stereocenters. The summed E-state index contributed by atoms with van der Waals surface area (Å²) in [7, 11) is 0. The molecule has 0 spiro atoms. The van der Waals surface area contributed by atoms with Crippen LogP contribution in [0.4, 0.5) is 0 Å². The second-order valence-corrected chi connectivity index (χ2v) is 6.35. The van der Waals surface area contributed by atoms with E-state index in [1.807, 2.05) is 31.2 Å². The van der Waals surface area contributed by atoms with Crippen LogP contribution in [0.5, 0.6) is 11.5 Å². The number of hydrogen-bond donors (Lipinski definition) is 1. The summed E-state index contributed by atoms with van der Waals surface area (Å²) < 4.78 is 7.67. The van der Waals surface area contributed by atoms with Crippen molar-refractivity contribution >= 4 is 43.5 Å². The molecule has 0 aromatic heterocycles. The van der Waals surface area contributed by atoms with Crippen LogP contribution in [-0.4, -0.2) is 0 Å². The minimum Gasteiger partial charge on any atom is -0.456 e. The minimum atomic E-state index is -0.103. The molecule has 5 heteroatoms. The van der Waals surface area contributed by atoms with Gasteiger partial charge in [0, 0.05) is 21.1 Å². The molecule has 0 bridgehead atoms. The molecule has 100 valence electrons. The average Bonchev–Trinajstić information content (AvgIpc) is 2.32. The summed E-state index contributed by atoms with van der Waals surface area (Å²) in [4.78, 5) is 0. The van der Waals surface area contributed by atoms with Gasteiger partial charge in [-0.25, -0.2) is 0 Å².